The van der Waals surface area contributed by atoms with Crippen LogP contribution >= 0.6 is 0 Å². The third-order valence-electron chi connectivity index (χ3n) is 4.26. The Labute approximate surface area is 130 Å². The van der Waals surface area contributed by atoms with Gasteiger partial charge >= 0.3 is 0 Å². The van der Waals surface area contributed by atoms with Gasteiger partial charge in [0.2, 0.25) is 0 Å². The van der Waals surface area contributed by atoms with E-state index in [0.717, 1.165) is 0 Å². The van der Waals surface area contributed by atoms with Crippen molar-refractivity contribution >= 4 is 32.9 Å². The van der Waals surface area contributed by atoms with Crippen LogP contribution < -0.4 is 4.90 Å². The predicted molar refractivity (Wildman–Crippen MR) is 96.0 cm³/mol. The molecular formula is C21H17N. The molecule has 4 rings (SSSR count). The number of hydrogen-bond acceptors (Lipinski definition) is 1. The fourth-order valence-corrected chi connectivity index (χ4v) is 3.00. The summed E-state index contributed by atoms with van der Waals surface area (Å²) in [5.74, 6) is 0. The third kappa shape index (κ3) is 2.11. The van der Waals surface area contributed by atoms with Crippen molar-refractivity contribution in [3.63, 3.8) is 0 Å². The molecule has 0 aliphatic rings. The zero-order valence-corrected chi connectivity index (χ0v) is 12.5. The van der Waals surface area contributed by atoms with Crippen molar-refractivity contribution in [2.45, 2.75) is 0 Å². The van der Waals surface area contributed by atoms with E-state index in [0.29, 0.717) is 0 Å². The maximum atomic E-state index is 2.28. The van der Waals surface area contributed by atoms with Gasteiger partial charge < -0.3 is 4.90 Å². The zero-order chi connectivity index (χ0) is 14.9. The molecule has 4 aromatic carbocycles. The molecule has 0 atom stereocenters. The van der Waals surface area contributed by atoms with Crippen LogP contribution in [0.3, 0.4) is 0 Å². The van der Waals surface area contributed by atoms with Crippen LogP contribution in [0.15, 0.2) is 84.9 Å². The second kappa shape index (κ2) is 5.19. The van der Waals surface area contributed by atoms with Crippen LogP contribution in [0, 0.1) is 0 Å². The van der Waals surface area contributed by atoms with Crippen LogP contribution in [0.25, 0.3) is 21.5 Å². The molecule has 106 valence electrons. The van der Waals surface area contributed by atoms with Crippen LogP contribution in [-0.4, -0.2) is 7.05 Å². The highest BCUT2D eigenvalue weighted by atomic mass is 15.1. The van der Waals surface area contributed by atoms with E-state index in [9.17, 15) is 0 Å². The number of hydrogen-bond donors (Lipinski definition) is 0. The van der Waals surface area contributed by atoms with Gasteiger partial charge in [0, 0.05) is 18.4 Å². The van der Waals surface area contributed by atoms with Gasteiger partial charge in [-0.2, -0.15) is 0 Å². The molecular weight excluding hydrogens is 266 g/mol. The molecule has 0 fully saturated rings. The van der Waals surface area contributed by atoms with Gasteiger partial charge in [-0.1, -0.05) is 60.7 Å². The molecule has 0 radical (unpaired) electrons. The van der Waals surface area contributed by atoms with Crippen LogP contribution in [0.4, 0.5) is 11.4 Å². The Balaban J connectivity index is 1.91. The first-order chi connectivity index (χ1) is 10.8. The minimum atomic E-state index is 1.20. The van der Waals surface area contributed by atoms with E-state index < -0.39 is 0 Å². The normalized spacial score (nSPS) is 11.0. The minimum absolute atomic E-state index is 1.20. The van der Waals surface area contributed by atoms with E-state index in [1.807, 2.05) is 6.07 Å². The first-order valence-electron chi connectivity index (χ1n) is 7.53. The van der Waals surface area contributed by atoms with Gasteiger partial charge in [-0.15, -0.1) is 0 Å². The summed E-state index contributed by atoms with van der Waals surface area (Å²) in [6.07, 6.45) is 0. The fourth-order valence-electron chi connectivity index (χ4n) is 3.00. The van der Waals surface area contributed by atoms with E-state index in [-0.39, 0.29) is 0 Å². The Hall–Kier alpha value is -2.80. The van der Waals surface area contributed by atoms with E-state index in [2.05, 4.69) is 90.8 Å². The maximum Gasteiger partial charge on any atom is 0.0414 e. The van der Waals surface area contributed by atoms with Crippen LogP contribution in [0.2, 0.25) is 0 Å². The van der Waals surface area contributed by atoms with Crippen molar-refractivity contribution in [2.75, 3.05) is 11.9 Å². The topological polar surface area (TPSA) is 3.24 Å². The molecule has 0 saturated carbocycles. The summed E-state index contributed by atoms with van der Waals surface area (Å²) in [6.45, 7) is 0. The van der Waals surface area contributed by atoms with Gasteiger partial charge in [0.05, 0.1) is 0 Å². The molecule has 0 spiro atoms. The van der Waals surface area contributed by atoms with Crippen LogP contribution in [0.5, 0.6) is 0 Å². The zero-order valence-electron chi connectivity index (χ0n) is 12.5. The first kappa shape index (κ1) is 12.9. The SMILES string of the molecule is CN(c1ccccc1)c1ccc2ccc3ccccc3c2c1. The van der Waals surface area contributed by atoms with Gasteiger partial charge in [-0.25, -0.2) is 0 Å². The van der Waals surface area contributed by atoms with Crippen molar-refractivity contribution in [1.29, 1.82) is 0 Å². The molecule has 0 saturated heterocycles. The Morgan fingerprint density at radius 2 is 1.18 bits per heavy atom. The predicted octanol–water partition coefficient (Wildman–Crippen LogP) is 5.76. The van der Waals surface area contributed by atoms with E-state index in [1.54, 1.807) is 0 Å². The molecule has 0 aromatic heterocycles. The number of benzene rings is 4. The summed E-state index contributed by atoms with van der Waals surface area (Å²) < 4.78 is 0. The Morgan fingerprint density at radius 1 is 0.545 bits per heavy atom. The largest absolute Gasteiger partial charge is 0.345 e. The number of nitrogens with zero attached hydrogens (tertiary/aromatic N) is 1. The van der Waals surface area contributed by atoms with Crippen molar-refractivity contribution in [3.05, 3.63) is 84.9 Å². The van der Waals surface area contributed by atoms with Gasteiger partial charge in [-0.3, -0.25) is 0 Å². The van der Waals surface area contributed by atoms with Gasteiger partial charge in [0.15, 0.2) is 0 Å². The molecule has 22 heavy (non-hydrogen) atoms. The highest BCUT2D eigenvalue weighted by molar-refractivity contribution is 6.08. The molecule has 0 bridgehead atoms. The number of para-hydroxylation sites is 1. The highest BCUT2D eigenvalue weighted by Gasteiger charge is 2.06. The van der Waals surface area contributed by atoms with E-state index >= 15 is 0 Å². The first-order valence-corrected chi connectivity index (χ1v) is 7.53. The summed E-state index contributed by atoms with van der Waals surface area (Å²) in [4.78, 5) is 2.22. The average molecular weight is 283 g/mol. The van der Waals surface area contributed by atoms with Gasteiger partial charge in [0.25, 0.3) is 0 Å². The lowest BCUT2D eigenvalue weighted by molar-refractivity contribution is 1.21. The van der Waals surface area contributed by atoms with E-state index in [4.69, 9.17) is 0 Å². The second-order valence-electron chi connectivity index (χ2n) is 5.59. The molecule has 4 aromatic rings. The summed E-state index contributed by atoms with van der Waals surface area (Å²) in [5, 5.41) is 5.18. The number of fused-ring (bicyclic) bond motifs is 3. The van der Waals surface area contributed by atoms with Crippen molar-refractivity contribution in [3.8, 4) is 0 Å². The molecule has 1 heteroatoms. The average Bonchev–Trinajstić information content (AvgIpc) is 2.61. The van der Waals surface area contributed by atoms with Crippen LogP contribution in [-0.2, 0) is 0 Å². The lowest BCUT2D eigenvalue weighted by Gasteiger charge is -2.20. The van der Waals surface area contributed by atoms with Crippen LogP contribution in [0.1, 0.15) is 0 Å². The monoisotopic (exact) mass is 283 g/mol. The molecule has 0 aliphatic carbocycles. The standard InChI is InChI=1S/C21H17N/c1-22(18-8-3-2-4-9-18)19-14-13-17-12-11-16-7-5-6-10-20(16)21(17)15-19/h2-15H,1H3. The molecule has 0 heterocycles. The van der Waals surface area contributed by atoms with Crippen molar-refractivity contribution < 1.29 is 0 Å². The lowest BCUT2D eigenvalue weighted by Crippen LogP contribution is -2.08. The summed E-state index contributed by atoms with van der Waals surface area (Å²) in [6, 6.07) is 30.1. The minimum Gasteiger partial charge on any atom is -0.345 e. The molecule has 1 nitrogen and oxygen atoms in total. The lowest BCUT2D eigenvalue weighted by atomic mass is 10.0. The summed E-state index contributed by atoms with van der Waals surface area (Å²) in [7, 11) is 2.11. The van der Waals surface area contributed by atoms with Gasteiger partial charge in [-0.05, 0) is 45.8 Å². The highest BCUT2D eigenvalue weighted by Crippen LogP contribution is 2.31. The maximum absolute atomic E-state index is 2.28. The number of rotatable bonds is 2. The molecule has 0 amide bonds. The number of anilines is 2. The molecule has 0 aliphatic heterocycles. The molecule has 0 unspecified atom stereocenters. The summed E-state index contributed by atoms with van der Waals surface area (Å²) >= 11 is 0. The second-order valence-corrected chi connectivity index (χ2v) is 5.59. The van der Waals surface area contributed by atoms with E-state index in [1.165, 1.54) is 32.9 Å². The smallest absolute Gasteiger partial charge is 0.0414 e. The molecule has 0 N–H and O–H groups in total. The quantitative estimate of drug-likeness (QED) is 0.423. The fraction of sp³-hybridized carbons (Fsp3) is 0.0476. The Bertz CT molecular complexity index is 941. The van der Waals surface area contributed by atoms with Gasteiger partial charge in [0.1, 0.15) is 0 Å². The summed E-state index contributed by atoms with van der Waals surface area (Å²) in [5.41, 5.74) is 2.40. The third-order valence-corrected chi connectivity index (χ3v) is 4.26. The Kier molecular flexibility index (Phi) is 3.05. The van der Waals surface area contributed by atoms with Crippen molar-refractivity contribution in [2.24, 2.45) is 0 Å². The Morgan fingerprint density at radius 3 is 2.00 bits per heavy atom. The van der Waals surface area contributed by atoms with Crippen molar-refractivity contribution in [1.82, 2.24) is 0 Å².